The molecule has 0 aliphatic rings. The van der Waals surface area contributed by atoms with Crippen molar-refractivity contribution in [2.45, 2.75) is 20.4 Å². The van der Waals surface area contributed by atoms with Crippen LogP contribution in [0.25, 0.3) is 11.4 Å². The standard InChI is InChI=1S/C20H18ClN3O2/c1-13-8-9-17(16(21)10-13)23-18(25)12-24-19(26)11-14(2)22-20(24)15-6-4-3-5-7-15/h3-11H,12H2,1-2H3,(H,23,25). The molecule has 1 amide bonds. The zero-order valence-corrected chi connectivity index (χ0v) is 15.2. The van der Waals surface area contributed by atoms with Crippen molar-refractivity contribution >= 4 is 23.2 Å². The molecule has 3 rings (SSSR count). The highest BCUT2D eigenvalue weighted by atomic mass is 35.5. The van der Waals surface area contributed by atoms with E-state index < -0.39 is 0 Å². The van der Waals surface area contributed by atoms with Crippen LogP contribution in [0.2, 0.25) is 5.02 Å². The van der Waals surface area contributed by atoms with E-state index in [0.29, 0.717) is 22.2 Å². The Kier molecular flexibility index (Phi) is 5.19. The lowest BCUT2D eigenvalue weighted by molar-refractivity contribution is -0.116. The van der Waals surface area contributed by atoms with Gasteiger partial charge in [-0.25, -0.2) is 4.98 Å². The van der Waals surface area contributed by atoms with Crippen molar-refractivity contribution in [2.24, 2.45) is 0 Å². The summed E-state index contributed by atoms with van der Waals surface area (Å²) < 4.78 is 1.36. The Morgan fingerprint density at radius 2 is 1.85 bits per heavy atom. The van der Waals surface area contributed by atoms with Gasteiger partial charge in [0, 0.05) is 17.3 Å². The quantitative estimate of drug-likeness (QED) is 0.762. The highest BCUT2D eigenvalue weighted by molar-refractivity contribution is 6.33. The first kappa shape index (κ1) is 17.9. The summed E-state index contributed by atoms with van der Waals surface area (Å²) in [5.74, 6) is 0.112. The van der Waals surface area contributed by atoms with Crippen LogP contribution in [0, 0.1) is 13.8 Å². The summed E-state index contributed by atoms with van der Waals surface area (Å²) in [4.78, 5) is 29.4. The number of hydrogen-bond donors (Lipinski definition) is 1. The largest absolute Gasteiger partial charge is 0.323 e. The molecule has 5 nitrogen and oxygen atoms in total. The molecule has 0 aliphatic heterocycles. The lowest BCUT2D eigenvalue weighted by Gasteiger charge is -2.13. The normalized spacial score (nSPS) is 10.6. The molecule has 0 radical (unpaired) electrons. The van der Waals surface area contributed by atoms with Gasteiger partial charge >= 0.3 is 0 Å². The number of nitrogens with zero attached hydrogens (tertiary/aromatic N) is 2. The van der Waals surface area contributed by atoms with E-state index in [1.165, 1.54) is 10.6 Å². The van der Waals surface area contributed by atoms with Crippen LogP contribution in [-0.2, 0) is 11.3 Å². The van der Waals surface area contributed by atoms with Crippen molar-refractivity contribution in [3.63, 3.8) is 0 Å². The minimum atomic E-state index is -0.347. The van der Waals surface area contributed by atoms with Gasteiger partial charge in [-0.1, -0.05) is 48.0 Å². The number of carbonyl (C=O) groups excluding carboxylic acids is 1. The van der Waals surface area contributed by atoms with Gasteiger partial charge in [-0.3, -0.25) is 14.2 Å². The van der Waals surface area contributed by atoms with E-state index in [4.69, 9.17) is 11.6 Å². The number of nitrogens with one attached hydrogen (secondary N) is 1. The highest BCUT2D eigenvalue weighted by Crippen LogP contribution is 2.23. The molecule has 0 unspecified atom stereocenters. The molecular weight excluding hydrogens is 350 g/mol. The van der Waals surface area contributed by atoms with Crippen LogP contribution in [0.15, 0.2) is 59.4 Å². The molecule has 26 heavy (non-hydrogen) atoms. The van der Waals surface area contributed by atoms with Crippen LogP contribution in [-0.4, -0.2) is 15.5 Å². The fourth-order valence-corrected chi connectivity index (χ4v) is 2.92. The zero-order valence-electron chi connectivity index (χ0n) is 14.5. The number of halogens is 1. The maximum absolute atomic E-state index is 12.5. The molecule has 132 valence electrons. The third kappa shape index (κ3) is 4.00. The number of benzene rings is 2. The van der Waals surface area contributed by atoms with Crippen LogP contribution in [0.4, 0.5) is 5.69 Å². The van der Waals surface area contributed by atoms with Crippen molar-refractivity contribution in [3.8, 4) is 11.4 Å². The van der Waals surface area contributed by atoms with E-state index in [0.717, 1.165) is 11.1 Å². The SMILES string of the molecule is Cc1ccc(NC(=O)Cn2c(-c3ccccc3)nc(C)cc2=O)c(Cl)c1. The number of carbonyl (C=O) groups is 1. The van der Waals surface area contributed by atoms with Gasteiger partial charge in [0.05, 0.1) is 10.7 Å². The third-order valence-corrected chi connectivity index (χ3v) is 4.18. The van der Waals surface area contributed by atoms with Crippen LogP contribution in [0.5, 0.6) is 0 Å². The maximum Gasteiger partial charge on any atom is 0.254 e. The van der Waals surface area contributed by atoms with E-state index in [1.54, 1.807) is 19.1 Å². The second-order valence-corrected chi connectivity index (χ2v) is 6.45. The Bertz CT molecular complexity index is 1010. The van der Waals surface area contributed by atoms with Gasteiger partial charge in [-0.05, 0) is 31.5 Å². The number of anilines is 1. The highest BCUT2D eigenvalue weighted by Gasteiger charge is 2.14. The van der Waals surface area contributed by atoms with Crippen LogP contribution >= 0.6 is 11.6 Å². The van der Waals surface area contributed by atoms with Gasteiger partial charge in [0.25, 0.3) is 5.56 Å². The number of aryl methyl sites for hydroxylation is 2. The molecule has 1 heterocycles. The minimum Gasteiger partial charge on any atom is -0.323 e. The van der Waals surface area contributed by atoms with Crippen LogP contribution < -0.4 is 10.9 Å². The second-order valence-electron chi connectivity index (χ2n) is 6.04. The van der Waals surface area contributed by atoms with Gasteiger partial charge in [-0.2, -0.15) is 0 Å². The van der Waals surface area contributed by atoms with Crippen molar-refractivity contribution in [3.05, 3.63) is 81.2 Å². The number of amides is 1. The molecule has 0 saturated carbocycles. The first-order valence-corrected chi connectivity index (χ1v) is 8.52. The Balaban J connectivity index is 1.92. The number of rotatable bonds is 4. The van der Waals surface area contributed by atoms with Gasteiger partial charge in [-0.15, -0.1) is 0 Å². The average molecular weight is 368 g/mol. The Morgan fingerprint density at radius 3 is 2.54 bits per heavy atom. The number of hydrogen-bond acceptors (Lipinski definition) is 3. The summed E-state index contributed by atoms with van der Waals surface area (Å²) in [6, 6.07) is 16.1. The topological polar surface area (TPSA) is 64.0 Å². The molecular formula is C20H18ClN3O2. The molecule has 0 bridgehead atoms. The minimum absolute atomic E-state index is 0.152. The van der Waals surface area contributed by atoms with Crippen molar-refractivity contribution in [1.29, 1.82) is 0 Å². The van der Waals surface area contributed by atoms with Crippen LogP contribution in [0.1, 0.15) is 11.3 Å². The number of aromatic nitrogens is 2. The van der Waals surface area contributed by atoms with Crippen molar-refractivity contribution in [2.75, 3.05) is 5.32 Å². The summed E-state index contributed by atoms with van der Waals surface area (Å²) in [6.07, 6.45) is 0. The fraction of sp³-hybridized carbons (Fsp3) is 0.150. The molecule has 1 aromatic heterocycles. The Hall–Kier alpha value is -2.92. The average Bonchev–Trinajstić information content (AvgIpc) is 2.60. The van der Waals surface area contributed by atoms with E-state index in [1.807, 2.05) is 43.3 Å². The molecule has 0 fully saturated rings. The summed E-state index contributed by atoms with van der Waals surface area (Å²) in [5, 5.41) is 3.20. The van der Waals surface area contributed by atoms with Gasteiger partial charge in [0.2, 0.25) is 5.91 Å². The summed E-state index contributed by atoms with van der Waals surface area (Å²) in [5.41, 5.74) is 2.61. The van der Waals surface area contributed by atoms with Crippen molar-refractivity contribution < 1.29 is 4.79 Å². The fourth-order valence-electron chi connectivity index (χ4n) is 2.64. The van der Waals surface area contributed by atoms with Gasteiger partial charge in [0.1, 0.15) is 12.4 Å². The van der Waals surface area contributed by atoms with E-state index >= 15 is 0 Å². The summed E-state index contributed by atoms with van der Waals surface area (Å²) >= 11 is 6.16. The summed E-state index contributed by atoms with van der Waals surface area (Å²) in [6.45, 7) is 3.52. The second kappa shape index (κ2) is 7.54. The van der Waals surface area contributed by atoms with Crippen molar-refractivity contribution in [1.82, 2.24) is 9.55 Å². The van der Waals surface area contributed by atoms with E-state index in [2.05, 4.69) is 10.3 Å². The van der Waals surface area contributed by atoms with Gasteiger partial charge < -0.3 is 5.32 Å². The molecule has 6 heteroatoms. The molecule has 0 spiro atoms. The smallest absolute Gasteiger partial charge is 0.254 e. The van der Waals surface area contributed by atoms with Gasteiger partial charge in [0.15, 0.2) is 0 Å². The molecule has 0 saturated heterocycles. The zero-order chi connectivity index (χ0) is 18.7. The monoisotopic (exact) mass is 367 g/mol. The first-order chi connectivity index (χ1) is 12.4. The molecule has 0 aliphatic carbocycles. The predicted molar refractivity (Wildman–Crippen MR) is 103 cm³/mol. The lowest BCUT2D eigenvalue weighted by Crippen LogP contribution is -2.29. The molecule has 2 aromatic carbocycles. The predicted octanol–water partition coefficient (Wildman–Crippen LogP) is 3.82. The Labute approximate surface area is 156 Å². The lowest BCUT2D eigenvalue weighted by atomic mass is 10.2. The van der Waals surface area contributed by atoms with E-state index in [9.17, 15) is 9.59 Å². The van der Waals surface area contributed by atoms with Crippen LogP contribution in [0.3, 0.4) is 0 Å². The third-order valence-electron chi connectivity index (χ3n) is 3.87. The molecule has 1 N–H and O–H groups in total. The first-order valence-electron chi connectivity index (χ1n) is 8.14. The van der Waals surface area contributed by atoms with E-state index in [-0.39, 0.29) is 18.0 Å². The molecule has 3 aromatic rings. The Morgan fingerprint density at radius 1 is 1.12 bits per heavy atom. The summed E-state index contributed by atoms with van der Waals surface area (Å²) in [7, 11) is 0. The maximum atomic E-state index is 12.5. The molecule has 0 atom stereocenters.